The van der Waals surface area contributed by atoms with Crippen LogP contribution >= 0.6 is 15.9 Å². The largest absolute Gasteiger partial charge is 0.468 e. The van der Waals surface area contributed by atoms with Crippen LogP contribution in [0.5, 0.6) is 0 Å². The Labute approximate surface area is 103 Å². The highest BCUT2D eigenvalue weighted by atomic mass is 79.9. The Bertz CT molecular complexity index is 377. The predicted molar refractivity (Wildman–Crippen MR) is 65.1 cm³/mol. The first-order chi connectivity index (χ1) is 7.70. The highest BCUT2D eigenvalue weighted by molar-refractivity contribution is 9.10. The summed E-state index contributed by atoms with van der Waals surface area (Å²) < 4.78 is 5.80. The first-order valence-corrected chi connectivity index (χ1v) is 6.09. The van der Waals surface area contributed by atoms with E-state index < -0.39 is 0 Å². The number of hydrogen-bond acceptors (Lipinski definition) is 3. The van der Waals surface area contributed by atoms with E-state index in [0.29, 0.717) is 0 Å². The summed E-state index contributed by atoms with van der Waals surface area (Å²) in [5.74, 6) is -0.167. The maximum absolute atomic E-state index is 11.4. The normalized spacial score (nSPS) is 24.4. The van der Waals surface area contributed by atoms with Gasteiger partial charge < -0.3 is 4.74 Å². The van der Waals surface area contributed by atoms with Gasteiger partial charge in [0, 0.05) is 10.5 Å². The van der Waals surface area contributed by atoms with Gasteiger partial charge in [0.25, 0.3) is 0 Å². The van der Waals surface area contributed by atoms with Crippen LogP contribution in [0.25, 0.3) is 0 Å². The molecule has 4 heteroatoms. The van der Waals surface area contributed by atoms with Crippen molar-refractivity contribution in [2.75, 3.05) is 7.11 Å². The number of benzene rings is 1. The van der Waals surface area contributed by atoms with Crippen LogP contribution in [0.2, 0.25) is 0 Å². The van der Waals surface area contributed by atoms with E-state index >= 15 is 0 Å². The van der Waals surface area contributed by atoms with Crippen molar-refractivity contribution in [2.24, 2.45) is 0 Å². The Hall–Kier alpha value is -0.870. The van der Waals surface area contributed by atoms with Gasteiger partial charge in [0.15, 0.2) is 0 Å². The topological polar surface area (TPSA) is 38.3 Å². The third kappa shape index (κ3) is 2.44. The number of carbonyl (C=O) groups excluding carboxylic acids is 1. The van der Waals surface area contributed by atoms with Crippen molar-refractivity contribution in [3.05, 3.63) is 34.3 Å². The van der Waals surface area contributed by atoms with Crippen molar-refractivity contribution in [3.8, 4) is 0 Å². The number of hydrogen-bond donors (Lipinski definition) is 1. The monoisotopic (exact) mass is 283 g/mol. The number of rotatable bonds is 2. The van der Waals surface area contributed by atoms with Gasteiger partial charge in [0.2, 0.25) is 0 Å². The first kappa shape index (κ1) is 11.6. The molecule has 1 aliphatic heterocycles. The van der Waals surface area contributed by atoms with Crippen molar-refractivity contribution in [1.29, 1.82) is 0 Å². The lowest BCUT2D eigenvalue weighted by Gasteiger charge is -2.13. The predicted octanol–water partition coefficient (Wildman–Crippen LogP) is 2.42. The molecule has 86 valence electrons. The molecule has 2 atom stereocenters. The summed E-state index contributed by atoms with van der Waals surface area (Å²) in [7, 11) is 1.43. The average Bonchev–Trinajstić information content (AvgIpc) is 2.78. The van der Waals surface area contributed by atoms with E-state index in [1.807, 2.05) is 12.1 Å². The second-order valence-electron chi connectivity index (χ2n) is 3.92. The molecule has 1 aromatic carbocycles. The molecular formula is C12H14BrNO2. The number of esters is 1. The molecule has 0 aliphatic carbocycles. The number of methoxy groups -OCH3 is 1. The Balaban J connectivity index is 2.03. The van der Waals surface area contributed by atoms with E-state index in [4.69, 9.17) is 4.74 Å². The minimum Gasteiger partial charge on any atom is -0.468 e. The fraction of sp³-hybridized carbons (Fsp3) is 0.417. The van der Waals surface area contributed by atoms with Crippen molar-refractivity contribution >= 4 is 21.9 Å². The summed E-state index contributed by atoms with van der Waals surface area (Å²) in [4.78, 5) is 11.4. The third-order valence-corrected chi connectivity index (χ3v) is 3.43. The lowest BCUT2D eigenvalue weighted by Crippen LogP contribution is -2.33. The van der Waals surface area contributed by atoms with Crippen LogP contribution in [0, 0.1) is 0 Å². The van der Waals surface area contributed by atoms with E-state index in [1.165, 1.54) is 12.7 Å². The van der Waals surface area contributed by atoms with Gasteiger partial charge in [-0.3, -0.25) is 10.1 Å². The molecule has 0 spiro atoms. The van der Waals surface area contributed by atoms with Gasteiger partial charge in [-0.2, -0.15) is 0 Å². The summed E-state index contributed by atoms with van der Waals surface area (Å²) in [5.41, 5.74) is 1.22. The summed E-state index contributed by atoms with van der Waals surface area (Å²) in [6.45, 7) is 0. The number of ether oxygens (including phenoxy) is 1. The van der Waals surface area contributed by atoms with Gasteiger partial charge in [0.05, 0.1) is 7.11 Å². The fourth-order valence-electron chi connectivity index (χ4n) is 2.03. The zero-order chi connectivity index (χ0) is 11.5. The molecule has 0 radical (unpaired) electrons. The SMILES string of the molecule is COC(=O)[C@H]1CC[C@@H](c2ccc(Br)cc2)N1. The maximum Gasteiger partial charge on any atom is 0.322 e. The van der Waals surface area contributed by atoms with Gasteiger partial charge in [-0.25, -0.2) is 0 Å². The van der Waals surface area contributed by atoms with Crippen molar-refractivity contribution in [1.82, 2.24) is 5.32 Å². The molecule has 16 heavy (non-hydrogen) atoms. The Kier molecular flexibility index (Phi) is 3.61. The number of halogens is 1. The van der Waals surface area contributed by atoms with E-state index in [0.717, 1.165) is 17.3 Å². The van der Waals surface area contributed by atoms with Crippen LogP contribution in [0.1, 0.15) is 24.4 Å². The molecule has 1 fully saturated rings. The zero-order valence-corrected chi connectivity index (χ0v) is 10.7. The van der Waals surface area contributed by atoms with Gasteiger partial charge in [-0.1, -0.05) is 28.1 Å². The third-order valence-electron chi connectivity index (χ3n) is 2.90. The highest BCUT2D eigenvalue weighted by Crippen LogP contribution is 2.27. The van der Waals surface area contributed by atoms with Crippen molar-refractivity contribution in [3.63, 3.8) is 0 Å². The van der Waals surface area contributed by atoms with E-state index in [-0.39, 0.29) is 18.1 Å². The fourth-order valence-corrected chi connectivity index (χ4v) is 2.29. The lowest BCUT2D eigenvalue weighted by atomic mass is 10.1. The molecule has 0 unspecified atom stereocenters. The molecule has 0 saturated carbocycles. The minimum absolute atomic E-state index is 0.154. The molecule has 2 rings (SSSR count). The second kappa shape index (κ2) is 4.97. The highest BCUT2D eigenvalue weighted by Gasteiger charge is 2.30. The average molecular weight is 284 g/mol. The molecule has 1 aliphatic rings. The van der Waals surface area contributed by atoms with Crippen LogP contribution in [0.3, 0.4) is 0 Å². The molecule has 0 aromatic heterocycles. The lowest BCUT2D eigenvalue weighted by molar-refractivity contribution is -0.142. The van der Waals surface area contributed by atoms with Gasteiger partial charge >= 0.3 is 5.97 Å². The van der Waals surface area contributed by atoms with E-state index in [9.17, 15) is 4.79 Å². The molecule has 0 bridgehead atoms. The minimum atomic E-state index is -0.167. The summed E-state index contributed by atoms with van der Waals surface area (Å²) in [6, 6.07) is 8.28. The molecule has 1 aromatic rings. The molecule has 0 amide bonds. The summed E-state index contributed by atoms with van der Waals surface area (Å²) in [6.07, 6.45) is 1.81. The van der Waals surface area contributed by atoms with Crippen molar-refractivity contribution in [2.45, 2.75) is 24.9 Å². The molecule has 1 saturated heterocycles. The van der Waals surface area contributed by atoms with Crippen LogP contribution in [-0.4, -0.2) is 19.1 Å². The van der Waals surface area contributed by atoms with Crippen molar-refractivity contribution < 1.29 is 9.53 Å². The van der Waals surface area contributed by atoms with Crippen LogP contribution in [0.15, 0.2) is 28.7 Å². The van der Waals surface area contributed by atoms with Gasteiger partial charge in [0.1, 0.15) is 6.04 Å². The first-order valence-electron chi connectivity index (χ1n) is 5.30. The molecule has 1 N–H and O–H groups in total. The molecule has 1 heterocycles. The van der Waals surface area contributed by atoms with E-state index in [2.05, 4.69) is 33.4 Å². The summed E-state index contributed by atoms with van der Waals surface area (Å²) >= 11 is 3.41. The van der Waals surface area contributed by atoms with Crippen LogP contribution < -0.4 is 5.32 Å². The standard InChI is InChI=1S/C12H14BrNO2/c1-16-12(15)11-7-6-10(14-11)8-2-4-9(13)5-3-8/h2-5,10-11,14H,6-7H2,1H3/t10-,11+/m0/s1. The molecular weight excluding hydrogens is 270 g/mol. The Morgan fingerprint density at radius 1 is 1.38 bits per heavy atom. The smallest absolute Gasteiger partial charge is 0.322 e. The van der Waals surface area contributed by atoms with Gasteiger partial charge in [-0.05, 0) is 30.5 Å². The van der Waals surface area contributed by atoms with Crippen LogP contribution in [0.4, 0.5) is 0 Å². The molecule has 3 nitrogen and oxygen atoms in total. The summed E-state index contributed by atoms with van der Waals surface area (Å²) in [5, 5.41) is 3.29. The van der Waals surface area contributed by atoms with E-state index in [1.54, 1.807) is 0 Å². The number of nitrogens with one attached hydrogen (secondary N) is 1. The quantitative estimate of drug-likeness (QED) is 0.848. The van der Waals surface area contributed by atoms with Gasteiger partial charge in [-0.15, -0.1) is 0 Å². The maximum atomic E-state index is 11.4. The van der Waals surface area contributed by atoms with Crippen LogP contribution in [-0.2, 0) is 9.53 Å². The number of carbonyl (C=O) groups is 1. The Morgan fingerprint density at radius 3 is 2.69 bits per heavy atom. The Morgan fingerprint density at radius 2 is 2.06 bits per heavy atom. The zero-order valence-electron chi connectivity index (χ0n) is 9.07. The second-order valence-corrected chi connectivity index (χ2v) is 4.84.